The summed E-state index contributed by atoms with van der Waals surface area (Å²) in [5.41, 5.74) is 1.12. The van der Waals surface area contributed by atoms with Crippen LogP contribution >= 0.6 is 23.2 Å². The molecule has 0 radical (unpaired) electrons. The molecule has 0 amide bonds. The Bertz CT molecular complexity index is 599. The van der Waals surface area contributed by atoms with Crippen molar-refractivity contribution in [1.29, 1.82) is 0 Å². The number of halogens is 3. The third-order valence-electron chi connectivity index (χ3n) is 3.10. The fourth-order valence-electron chi connectivity index (χ4n) is 2.11. The number of hydrogen-bond donors (Lipinski definition) is 1. The maximum absolute atomic E-state index is 14.2. The van der Waals surface area contributed by atoms with Crippen molar-refractivity contribution < 1.29 is 9.13 Å². The minimum absolute atomic E-state index is 0.375. The lowest BCUT2D eigenvalue weighted by Crippen LogP contribution is -2.19. The highest BCUT2D eigenvalue weighted by Crippen LogP contribution is 2.35. The van der Waals surface area contributed by atoms with E-state index in [9.17, 15) is 4.39 Å². The molecule has 2 aromatic carbocycles. The van der Waals surface area contributed by atoms with Gasteiger partial charge in [-0.25, -0.2) is 4.39 Å². The molecule has 0 aliphatic carbocycles. The van der Waals surface area contributed by atoms with Gasteiger partial charge in [0.2, 0.25) is 0 Å². The van der Waals surface area contributed by atoms with E-state index in [4.69, 9.17) is 27.9 Å². The maximum atomic E-state index is 14.2. The monoisotopic (exact) mass is 313 g/mol. The van der Waals surface area contributed by atoms with Crippen LogP contribution in [0.15, 0.2) is 36.4 Å². The highest BCUT2D eigenvalue weighted by atomic mass is 35.5. The van der Waals surface area contributed by atoms with Crippen LogP contribution in [0.1, 0.15) is 17.2 Å². The Hall–Kier alpha value is -1.29. The summed E-state index contributed by atoms with van der Waals surface area (Å²) in [6.07, 6.45) is 0. The largest absolute Gasteiger partial charge is 0.497 e. The molecule has 2 nitrogen and oxygen atoms in total. The molecule has 1 atom stereocenters. The van der Waals surface area contributed by atoms with Gasteiger partial charge in [0, 0.05) is 27.2 Å². The van der Waals surface area contributed by atoms with Crippen LogP contribution in [0.5, 0.6) is 5.75 Å². The van der Waals surface area contributed by atoms with Gasteiger partial charge in [-0.05, 0) is 25.2 Å². The van der Waals surface area contributed by atoms with Gasteiger partial charge in [0.15, 0.2) is 0 Å². The first-order valence-corrected chi connectivity index (χ1v) is 6.78. The molecule has 0 aliphatic rings. The summed E-state index contributed by atoms with van der Waals surface area (Å²) in [4.78, 5) is 0. The third-order valence-corrected chi connectivity index (χ3v) is 3.75. The Morgan fingerprint density at radius 1 is 1.15 bits per heavy atom. The normalized spacial score (nSPS) is 12.2. The van der Waals surface area contributed by atoms with Crippen LogP contribution in [0.3, 0.4) is 0 Å². The summed E-state index contributed by atoms with van der Waals surface area (Å²) in [6, 6.07) is 9.49. The Morgan fingerprint density at radius 2 is 1.80 bits per heavy atom. The van der Waals surface area contributed by atoms with Gasteiger partial charge in [0.05, 0.1) is 13.2 Å². The van der Waals surface area contributed by atoms with Crippen molar-refractivity contribution in [2.24, 2.45) is 0 Å². The summed E-state index contributed by atoms with van der Waals surface area (Å²) >= 11 is 12.4. The molecule has 2 aromatic rings. The minimum atomic E-state index is -0.429. The van der Waals surface area contributed by atoms with E-state index in [1.54, 1.807) is 37.4 Å². The van der Waals surface area contributed by atoms with Gasteiger partial charge in [0.25, 0.3) is 0 Å². The van der Waals surface area contributed by atoms with E-state index in [2.05, 4.69) is 5.32 Å². The Balaban J connectivity index is 2.53. The highest BCUT2D eigenvalue weighted by Gasteiger charge is 2.21. The van der Waals surface area contributed by atoms with Crippen molar-refractivity contribution in [3.63, 3.8) is 0 Å². The average Bonchev–Trinajstić information content (AvgIpc) is 2.43. The number of rotatable bonds is 4. The summed E-state index contributed by atoms with van der Waals surface area (Å²) in [5.74, 6) is 0.0889. The lowest BCUT2D eigenvalue weighted by molar-refractivity contribution is 0.410. The molecule has 5 heteroatoms. The zero-order valence-electron chi connectivity index (χ0n) is 11.1. The first-order valence-electron chi connectivity index (χ1n) is 6.03. The quantitative estimate of drug-likeness (QED) is 0.900. The third kappa shape index (κ3) is 2.90. The molecule has 0 spiro atoms. The van der Waals surface area contributed by atoms with Crippen LogP contribution in [0.2, 0.25) is 10.0 Å². The molecule has 0 bridgehead atoms. The van der Waals surface area contributed by atoms with Gasteiger partial charge in [0.1, 0.15) is 11.6 Å². The van der Waals surface area contributed by atoms with E-state index in [1.807, 2.05) is 0 Å². The second-order valence-corrected chi connectivity index (χ2v) is 5.06. The predicted molar refractivity (Wildman–Crippen MR) is 80.3 cm³/mol. The smallest absolute Gasteiger partial charge is 0.132 e. The fraction of sp³-hybridized carbons (Fsp3) is 0.200. The van der Waals surface area contributed by atoms with Crippen LogP contribution in [0.4, 0.5) is 4.39 Å². The van der Waals surface area contributed by atoms with E-state index in [0.29, 0.717) is 26.9 Å². The number of nitrogens with one attached hydrogen (secondary N) is 1. The molecule has 0 aliphatic heterocycles. The number of benzene rings is 2. The molecule has 20 heavy (non-hydrogen) atoms. The maximum Gasteiger partial charge on any atom is 0.132 e. The van der Waals surface area contributed by atoms with Gasteiger partial charge in [-0.1, -0.05) is 35.3 Å². The second-order valence-electron chi connectivity index (χ2n) is 4.24. The van der Waals surface area contributed by atoms with Crippen molar-refractivity contribution in [2.75, 3.05) is 14.2 Å². The zero-order valence-corrected chi connectivity index (χ0v) is 12.6. The molecule has 1 N–H and O–H groups in total. The topological polar surface area (TPSA) is 21.3 Å². The Morgan fingerprint density at radius 3 is 2.30 bits per heavy atom. The lowest BCUT2D eigenvalue weighted by atomic mass is 9.98. The van der Waals surface area contributed by atoms with Crippen molar-refractivity contribution in [2.45, 2.75) is 6.04 Å². The summed E-state index contributed by atoms with van der Waals surface area (Å²) < 4.78 is 19.2. The van der Waals surface area contributed by atoms with Gasteiger partial charge < -0.3 is 10.1 Å². The Labute approximate surface area is 127 Å². The van der Waals surface area contributed by atoms with Crippen LogP contribution in [-0.2, 0) is 0 Å². The van der Waals surface area contributed by atoms with E-state index in [0.717, 1.165) is 0 Å². The molecule has 0 fully saturated rings. The zero-order chi connectivity index (χ0) is 14.7. The van der Waals surface area contributed by atoms with Crippen molar-refractivity contribution >= 4 is 23.2 Å². The standard InChI is InChI=1S/C15H14Cl2FNO/c1-19-15(14-11(16)4-3-5-12(14)17)10-7-6-9(20-2)8-13(10)18/h3-8,15,19H,1-2H3. The summed E-state index contributed by atoms with van der Waals surface area (Å²) in [6.45, 7) is 0. The minimum Gasteiger partial charge on any atom is -0.497 e. The van der Waals surface area contributed by atoms with Crippen molar-refractivity contribution in [3.05, 3.63) is 63.4 Å². The number of methoxy groups -OCH3 is 1. The van der Waals surface area contributed by atoms with Gasteiger partial charge in [-0.3, -0.25) is 0 Å². The average molecular weight is 314 g/mol. The number of ether oxygens (including phenoxy) is 1. The first kappa shape index (κ1) is 15.1. The van der Waals surface area contributed by atoms with Gasteiger partial charge in [-0.2, -0.15) is 0 Å². The molecular weight excluding hydrogens is 300 g/mol. The molecule has 0 saturated carbocycles. The molecule has 0 aromatic heterocycles. The van der Waals surface area contributed by atoms with Crippen LogP contribution in [-0.4, -0.2) is 14.2 Å². The fourth-order valence-corrected chi connectivity index (χ4v) is 2.73. The first-order chi connectivity index (χ1) is 9.58. The highest BCUT2D eigenvalue weighted by molar-refractivity contribution is 6.36. The van der Waals surface area contributed by atoms with Crippen molar-refractivity contribution in [3.8, 4) is 5.75 Å². The Kier molecular flexibility index (Phi) is 4.86. The van der Waals surface area contributed by atoms with E-state index in [1.165, 1.54) is 13.2 Å². The van der Waals surface area contributed by atoms with Crippen LogP contribution < -0.4 is 10.1 Å². The van der Waals surface area contributed by atoms with Crippen molar-refractivity contribution in [1.82, 2.24) is 5.32 Å². The van der Waals surface area contributed by atoms with Crippen LogP contribution in [0, 0.1) is 5.82 Å². The van der Waals surface area contributed by atoms with E-state index in [-0.39, 0.29) is 5.82 Å². The number of hydrogen-bond acceptors (Lipinski definition) is 2. The summed E-state index contributed by atoms with van der Waals surface area (Å²) in [5, 5.41) is 4.03. The van der Waals surface area contributed by atoms with Crippen LogP contribution in [0.25, 0.3) is 0 Å². The summed E-state index contributed by atoms with van der Waals surface area (Å²) in [7, 11) is 3.23. The molecule has 0 saturated heterocycles. The molecule has 1 unspecified atom stereocenters. The van der Waals surface area contributed by atoms with E-state index >= 15 is 0 Å². The van der Waals surface area contributed by atoms with E-state index < -0.39 is 6.04 Å². The van der Waals surface area contributed by atoms with Gasteiger partial charge in [-0.15, -0.1) is 0 Å². The molecule has 0 heterocycles. The molecular formula is C15H14Cl2FNO. The lowest BCUT2D eigenvalue weighted by Gasteiger charge is -2.20. The SMILES string of the molecule is CNC(c1ccc(OC)cc1F)c1c(Cl)cccc1Cl. The molecule has 106 valence electrons. The second kappa shape index (κ2) is 6.44. The molecule has 2 rings (SSSR count). The van der Waals surface area contributed by atoms with Gasteiger partial charge >= 0.3 is 0 Å². The predicted octanol–water partition coefficient (Wildman–Crippen LogP) is 4.45.